The van der Waals surface area contributed by atoms with E-state index >= 15 is 0 Å². The molecule has 0 fully saturated rings. The average molecular weight is 490 g/mol. The number of thioether (sulfide) groups is 1. The number of hydrogen-bond donors (Lipinski definition) is 2. The van der Waals surface area contributed by atoms with Crippen LogP contribution in [-0.4, -0.2) is 27.9 Å². The van der Waals surface area contributed by atoms with E-state index in [1.54, 1.807) is 31.2 Å². The number of carboxylic acid groups (broad SMARTS) is 1. The number of rotatable bonds is 7. The second-order valence-corrected chi connectivity index (χ2v) is 8.68. The van der Waals surface area contributed by atoms with Crippen LogP contribution in [-0.2, 0) is 11.0 Å². The lowest BCUT2D eigenvalue weighted by Crippen LogP contribution is -2.10. The first-order valence-electron chi connectivity index (χ1n) is 10.0. The van der Waals surface area contributed by atoms with Crippen LogP contribution >= 0.6 is 11.8 Å². The molecule has 0 amide bonds. The highest BCUT2D eigenvalue weighted by Crippen LogP contribution is 2.44. The second kappa shape index (κ2) is 9.38. The molecule has 1 atom stereocenters. The minimum atomic E-state index is -4.80. The van der Waals surface area contributed by atoms with Gasteiger partial charge < -0.3 is 9.84 Å². The van der Waals surface area contributed by atoms with E-state index in [9.17, 15) is 22.4 Å². The molecule has 1 aromatic heterocycles. The van der Waals surface area contributed by atoms with E-state index < -0.39 is 35.4 Å². The van der Waals surface area contributed by atoms with Crippen LogP contribution in [0.2, 0.25) is 0 Å². The van der Waals surface area contributed by atoms with Gasteiger partial charge in [-0.15, -0.1) is 11.8 Å². The Morgan fingerprint density at radius 3 is 2.59 bits per heavy atom. The van der Waals surface area contributed by atoms with Crippen LogP contribution in [0.4, 0.5) is 17.6 Å². The summed E-state index contributed by atoms with van der Waals surface area (Å²) in [7, 11) is 0. The van der Waals surface area contributed by atoms with Crippen molar-refractivity contribution in [1.29, 1.82) is 0 Å². The molecule has 4 rings (SSSR count). The van der Waals surface area contributed by atoms with Crippen molar-refractivity contribution in [3.8, 4) is 5.75 Å². The molecule has 0 saturated carbocycles. The predicted molar refractivity (Wildman–Crippen MR) is 120 cm³/mol. The zero-order valence-electron chi connectivity index (χ0n) is 17.7. The number of hydrogen-bond acceptors (Lipinski definition) is 4. The van der Waals surface area contributed by atoms with E-state index in [1.807, 2.05) is 18.2 Å². The highest BCUT2D eigenvalue weighted by atomic mass is 32.2. The van der Waals surface area contributed by atoms with Gasteiger partial charge in [0.25, 0.3) is 0 Å². The first-order chi connectivity index (χ1) is 16.1. The van der Waals surface area contributed by atoms with Gasteiger partial charge in [0.05, 0.1) is 22.0 Å². The second-order valence-electron chi connectivity index (χ2n) is 7.50. The number of aromatic amines is 1. The van der Waals surface area contributed by atoms with Crippen LogP contribution < -0.4 is 4.74 Å². The summed E-state index contributed by atoms with van der Waals surface area (Å²) in [6.45, 7) is 1.26. The number of para-hydroxylation sites is 1. The summed E-state index contributed by atoms with van der Waals surface area (Å²) in [5, 5.41) is 16.2. The van der Waals surface area contributed by atoms with E-state index in [4.69, 9.17) is 9.84 Å². The lowest BCUT2D eigenvalue weighted by molar-refractivity contribution is -0.140. The van der Waals surface area contributed by atoms with Crippen molar-refractivity contribution in [2.45, 2.75) is 23.2 Å². The summed E-state index contributed by atoms with van der Waals surface area (Å²) in [4.78, 5) is 11.5. The molecule has 5 nitrogen and oxygen atoms in total. The normalized spacial score (nSPS) is 12.6. The third-order valence-corrected chi connectivity index (χ3v) is 6.38. The Balaban J connectivity index is 1.74. The third-order valence-electron chi connectivity index (χ3n) is 5.11. The Morgan fingerprint density at radius 1 is 1.15 bits per heavy atom. The van der Waals surface area contributed by atoms with Crippen molar-refractivity contribution in [1.82, 2.24) is 10.2 Å². The number of alkyl halides is 3. The maximum Gasteiger partial charge on any atom is 0.419 e. The maximum absolute atomic E-state index is 14.4. The number of carbonyl (C=O) groups is 1. The monoisotopic (exact) mass is 490 g/mol. The summed E-state index contributed by atoms with van der Waals surface area (Å²) in [6, 6.07) is 15.2. The number of fused-ring (bicyclic) bond motifs is 1. The SMILES string of the molecule is Cc1cc(SC(c2ccc(C(F)(F)F)c(F)c2)c2[nH]nc3ccccc23)ccc1OCC(=O)O. The van der Waals surface area contributed by atoms with Crippen molar-refractivity contribution in [2.24, 2.45) is 0 Å². The standard InChI is InChI=1S/C24H18F4N2O3S/c1-13-10-15(7-9-20(13)33-12-21(31)32)34-23(22-16-4-2-3-5-19(16)29-30-22)14-6-8-17(18(25)11-14)24(26,27)28/h2-11,23H,12H2,1H3,(H,29,30)(H,31,32). The van der Waals surface area contributed by atoms with Gasteiger partial charge in [-0.1, -0.05) is 24.3 Å². The molecule has 0 aliphatic heterocycles. The van der Waals surface area contributed by atoms with Crippen LogP contribution in [0.25, 0.3) is 10.9 Å². The fraction of sp³-hybridized carbons (Fsp3) is 0.167. The highest BCUT2D eigenvalue weighted by molar-refractivity contribution is 7.99. The van der Waals surface area contributed by atoms with Gasteiger partial charge in [0.2, 0.25) is 0 Å². The molecule has 176 valence electrons. The van der Waals surface area contributed by atoms with Gasteiger partial charge in [0, 0.05) is 10.3 Å². The summed E-state index contributed by atoms with van der Waals surface area (Å²) in [6.07, 6.45) is -4.80. The van der Waals surface area contributed by atoms with Crippen molar-refractivity contribution < 1.29 is 32.2 Å². The molecule has 1 heterocycles. The Hall–Kier alpha value is -3.53. The third kappa shape index (κ3) is 5.01. The molecular formula is C24H18F4N2O3S. The summed E-state index contributed by atoms with van der Waals surface area (Å²) in [5.74, 6) is -2.06. The van der Waals surface area contributed by atoms with Crippen molar-refractivity contribution in [3.63, 3.8) is 0 Å². The van der Waals surface area contributed by atoms with Gasteiger partial charge in [0.15, 0.2) is 6.61 Å². The molecule has 3 aromatic carbocycles. The molecule has 1 unspecified atom stereocenters. The fourth-order valence-corrected chi connectivity index (χ4v) is 4.77. The Morgan fingerprint density at radius 2 is 1.91 bits per heavy atom. The first kappa shape index (κ1) is 23.6. The van der Waals surface area contributed by atoms with Crippen LogP contribution in [0.1, 0.15) is 27.6 Å². The first-order valence-corrected chi connectivity index (χ1v) is 10.9. The van der Waals surface area contributed by atoms with Crippen LogP contribution in [0.5, 0.6) is 5.75 Å². The number of nitrogens with one attached hydrogen (secondary N) is 1. The zero-order valence-corrected chi connectivity index (χ0v) is 18.5. The van der Waals surface area contributed by atoms with Gasteiger partial charge in [-0.05, 0) is 54.4 Å². The number of halogens is 4. The average Bonchev–Trinajstić information content (AvgIpc) is 3.19. The summed E-state index contributed by atoms with van der Waals surface area (Å²) >= 11 is 1.29. The van der Waals surface area contributed by atoms with Gasteiger partial charge in [-0.25, -0.2) is 9.18 Å². The highest BCUT2D eigenvalue weighted by Gasteiger charge is 2.34. The van der Waals surface area contributed by atoms with Gasteiger partial charge in [-0.3, -0.25) is 5.10 Å². The van der Waals surface area contributed by atoms with Crippen LogP contribution in [0, 0.1) is 12.7 Å². The molecule has 34 heavy (non-hydrogen) atoms. The van der Waals surface area contributed by atoms with Crippen LogP contribution in [0.3, 0.4) is 0 Å². The number of aliphatic carboxylic acids is 1. The number of H-pyrrole nitrogens is 1. The quantitative estimate of drug-likeness (QED) is 0.232. The van der Waals surface area contributed by atoms with E-state index in [0.29, 0.717) is 28.1 Å². The van der Waals surface area contributed by atoms with Gasteiger partial charge in [0.1, 0.15) is 11.6 Å². The minimum Gasteiger partial charge on any atom is -0.482 e. The van der Waals surface area contributed by atoms with Crippen molar-refractivity contribution in [3.05, 3.63) is 88.9 Å². The Kier molecular flexibility index (Phi) is 6.52. The molecule has 4 aromatic rings. The topological polar surface area (TPSA) is 75.2 Å². The predicted octanol–water partition coefficient (Wildman–Crippen LogP) is 6.37. The summed E-state index contributed by atoms with van der Waals surface area (Å²) < 4.78 is 59.0. The smallest absolute Gasteiger partial charge is 0.419 e. The van der Waals surface area contributed by atoms with E-state index in [0.717, 1.165) is 22.4 Å². The van der Waals surface area contributed by atoms with Crippen molar-refractivity contribution >= 4 is 28.6 Å². The maximum atomic E-state index is 14.4. The molecule has 0 aliphatic rings. The van der Waals surface area contributed by atoms with Gasteiger partial charge in [-0.2, -0.15) is 18.3 Å². The summed E-state index contributed by atoms with van der Waals surface area (Å²) in [5.41, 5.74) is 0.963. The molecule has 10 heteroatoms. The number of benzene rings is 3. The molecule has 0 aliphatic carbocycles. The molecule has 2 N–H and O–H groups in total. The lowest BCUT2D eigenvalue weighted by Gasteiger charge is -2.19. The molecule has 0 saturated heterocycles. The van der Waals surface area contributed by atoms with Crippen LogP contribution in [0.15, 0.2) is 65.6 Å². The molecule has 0 radical (unpaired) electrons. The van der Waals surface area contributed by atoms with Gasteiger partial charge >= 0.3 is 12.1 Å². The number of aromatic nitrogens is 2. The number of aryl methyl sites for hydroxylation is 1. The Labute approximate surface area is 195 Å². The molecular weight excluding hydrogens is 472 g/mol. The van der Waals surface area contributed by atoms with Crippen molar-refractivity contribution in [2.75, 3.05) is 6.61 Å². The number of carboxylic acids is 1. The minimum absolute atomic E-state index is 0.328. The number of ether oxygens (including phenoxy) is 1. The fourth-order valence-electron chi connectivity index (χ4n) is 3.53. The Bertz CT molecular complexity index is 1350. The molecule has 0 spiro atoms. The van der Waals surface area contributed by atoms with E-state index in [-0.39, 0.29) is 0 Å². The zero-order chi connectivity index (χ0) is 24.5. The van der Waals surface area contributed by atoms with E-state index in [1.165, 1.54) is 17.8 Å². The lowest BCUT2D eigenvalue weighted by atomic mass is 10.0. The molecule has 0 bridgehead atoms. The number of nitrogens with zero attached hydrogens (tertiary/aromatic N) is 1. The largest absolute Gasteiger partial charge is 0.482 e. The van der Waals surface area contributed by atoms with E-state index in [2.05, 4.69) is 10.2 Å².